The van der Waals surface area contributed by atoms with Crippen LogP contribution in [0.2, 0.25) is 0 Å². The van der Waals surface area contributed by atoms with Gasteiger partial charge in [0.1, 0.15) is 5.82 Å². The number of rotatable bonds is 5. The molecule has 0 aliphatic rings. The number of thioether (sulfide) groups is 1. The Morgan fingerprint density at radius 1 is 1.13 bits per heavy atom. The number of benzene rings is 3. The monoisotopic (exact) mass is 497 g/mol. The minimum Gasteiger partial charge on any atom is -0.323 e. The highest BCUT2D eigenvalue weighted by Gasteiger charge is 2.15. The maximum Gasteiger partial charge on any atom is 0.266 e. The van der Waals surface area contributed by atoms with E-state index in [4.69, 9.17) is 0 Å². The van der Waals surface area contributed by atoms with Gasteiger partial charge in [-0.3, -0.25) is 14.2 Å². The van der Waals surface area contributed by atoms with Crippen LogP contribution in [-0.2, 0) is 4.79 Å². The number of aryl methyl sites for hydroxylation is 1. The summed E-state index contributed by atoms with van der Waals surface area (Å²) in [5, 5.41) is 3.44. The Bertz CT molecular complexity index is 1340. The number of amides is 1. The molecular weight excluding hydrogens is 481 g/mol. The zero-order chi connectivity index (χ0) is 22.0. The highest BCUT2D eigenvalue weighted by Crippen LogP contribution is 2.23. The van der Waals surface area contributed by atoms with E-state index in [2.05, 4.69) is 26.2 Å². The number of para-hydroxylation sites is 1. The van der Waals surface area contributed by atoms with E-state index in [1.165, 1.54) is 16.7 Å². The molecule has 5 nitrogen and oxygen atoms in total. The SMILES string of the molecule is Cc1ccc(-n2c(SCC(=O)Nc3ccc(Br)cc3F)nc3ccccc3c2=O)cc1. The number of nitrogens with zero attached hydrogens (tertiary/aromatic N) is 2. The van der Waals surface area contributed by atoms with Gasteiger partial charge in [-0.25, -0.2) is 9.37 Å². The summed E-state index contributed by atoms with van der Waals surface area (Å²) < 4.78 is 16.1. The van der Waals surface area contributed by atoms with Crippen molar-refractivity contribution in [1.82, 2.24) is 9.55 Å². The van der Waals surface area contributed by atoms with Crippen LogP contribution >= 0.6 is 27.7 Å². The number of halogens is 2. The van der Waals surface area contributed by atoms with Crippen LogP contribution in [-0.4, -0.2) is 21.2 Å². The molecule has 156 valence electrons. The van der Waals surface area contributed by atoms with Gasteiger partial charge in [-0.2, -0.15) is 0 Å². The number of carbonyl (C=O) groups is 1. The van der Waals surface area contributed by atoms with Crippen molar-refractivity contribution >= 4 is 50.2 Å². The van der Waals surface area contributed by atoms with Crippen molar-refractivity contribution in [2.45, 2.75) is 12.1 Å². The molecule has 1 N–H and O–H groups in total. The molecule has 0 aliphatic heterocycles. The Morgan fingerprint density at radius 2 is 1.87 bits per heavy atom. The lowest BCUT2D eigenvalue weighted by atomic mass is 10.2. The molecule has 1 aromatic heterocycles. The van der Waals surface area contributed by atoms with Gasteiger partial charge in [0, 0.05) is 4.47 Å². The summed E-state index contributed by atoms with van der Waals surface area (Å²) in [5.74, 6) is -0.969. The molecule has 4 rings (SSSR count). The van der Waals surface area contributed by atoms with E-state index in [9.17, 15) is 14.0 Å². The molecule has 0 atom stereocenters. The Kier molecular flexibility index (Phi) is 6.20. The maximum atomic E-state index is 14.0. The third kappa shape index (κ3) is 4.70. The number of carbonyl (C=O) groups excluding carboxylic acids is 1. The van der Waals surface area contributed by atoms with Gasteiger partial charge in [0.05, 0.1) is 28.0 Å². The van der Waals surface area contributed by atoms with Gasteiger partial charge < -0.3 is 5.32 Å². The maximum absolute atomic E-state index is 14.0. The molecule has 1 amide bonds. The Morgan fingerprint density at radius 3 is 2.61 bits per heavy atom. The van der Waals surface area contributed by atoms with Crippen LogP contribution in [0.1, 0.15) is 5.56 Å². The first-order chi connectivity index (χ1) is 14.9. The van der Waals surface area contributed by atoms with E-state index in [0.717, 1.165) is 17.3 Å². The van der Waals surface area contributed by atoms with Gasteiger partial charge in [-0.15, -0.1) is 0 Å². The van der Waals surface area contributed by atoms with Gasteiger partial charge >= 0.3 is 0 Å². The molecule has 0 aliphatic carbocycles. The standard InChI is InChI=1S/C23H17BrFN3O2S/c1-14-6-9-16(10-7-14)28-22(30)17-4-2-3-5-19(17)27-23(28)31-13-21(29)26-20-11-8-15(24)12-18(20)25/h2-12H,13H2,1H3,(H,26,29). The largest absolute Gasteiger partial charge is 0.323 e. The fourth-order valence-corrected chi connectivity index (χ4v) is 4.18. The average Bonchev–Trinajstić information content (AvgIpc) is 2.75. The van der Waals surface area contributed by atoms with E-state index in [1.807, 2.05) is 37.3 Å². The molecule has 8 heteroatoms. The van der Waals surface area contributed by atoms with Crippen molar-refractivity contribution in [1.29, 1.82) is 0 Å². The fraction of sp³-hybridized carbons (Fsp3) is 0.0870. The number of anilines is 1. The van der Waals surface area contributed by atoms with Crippen LogP contribution in [0.15, 0.2) is 81.2 Å². The average molecular weight is 498 g/mol. The molecule has 4 aromatic rings. The topological polar surface area (TPSA) is 64.0 Å². The number of aromatic nitrogens is 2. The molecule has 0 fully saturated rings. The fourth-order valence-electron chi connectivity index (χ4n) is 3.04. The predicted octanol–water partition coefficient (Wildman–Crippen LogP) is 5.33. The summed E-state index contributed by atoms with van der Waals surface area (Å²) in [4.78, 5) is 30.2. The minimum absolute atomic E-state index is 0.0356. The van der Waals surface area contributed by atoms with E-state index in [1.54, 1.807) is 24.3 Å². The lowest BCUT2D eigenvalue weighted by Gasteiger charge is -2.13. The van der Waals surface area contributed by atoms with E-state index >= 15 is 0 Å². The Balaban J connectivity index is 1.66. The van der Waals surface area contributed by atoms with Crippen molar-refractivity contribution in [3.63, 3.8) is 0 Å². The molecule has 0 bridgehead atoms. The summed E-state index contributed by atoms with van der Waals surface area (Å²) in [7, 11) is 0. The third-order valence-corrected chi connectivity index (χ3v) is 6.01. The number of nitrogens with one attached hydrogen (secondary N) is 1. The Labute approximate surface area is 190 Å². The molecule has 0 radical (unpaired) electrons. The first-order valence-electron chi connectivity index (χ1n) is 9.39. The zero-order valence-electron chi connectivity index (χ0n) is 16.4. The van der Waals surface area contributed by atoms with Crippen molar-refractivity contribution in [3.8, 4) is 5.69 Å². The summed E-state index contributed by atoms with van der Waals surface area (Å²) in [6.07, 6.45) is 0. The van der Waals surface area contributed by atoms with Gasteiger partial charge in [-0.05, 0) is 49.4 Å². The van der Waals surface area contributed by atoms with Crippen LogP contribution in [0.4, 0.5) is 10.1 Å². The van der Waals surface area contributed by atoms with Gasteiger partial charge in [-0.1, -0.05) is 57.5 Å². The van der Waals surface area contributed by atoms with E-state index < -0.39 is 11.7 Å². The number of hydrogen-bond acceptors (Lipinski definition) is 4. The smallest absolute Gasteiger partial charge is 0.266 e. The first kappa shape index (κ1) is 21.3. The van der Waals surface area contributed by atoms with Gasteiger partial charge in [0.15, 0.2) is 5.16 Å². The lowest BCUT2D eigenvalue weighted by Crippen LogP contribution is -2.23. The van der Waals surface area contributed by atoms with Crippen molar-refractivity contribution in [3.05, 3.63) is 92.9 Å². The molecule has 3 aromatic carbocycles. The molecule has 0 unspecified atom stereocenters. The highest BCUT2D eigenvalue weighted by atomic mass is 79.9. The van der Waals surface area contributed by atoms with E-state index in [-0.39, 0.29) is 17.0 Å². The predicted molar refractivity (Wildman–Crippen MR) is 126 cm³/mol. The van der Waals surface area contributed by atoms with Crippen LogP contribution < -0.4 is 10.9 Å². The zero-order valence-corrected chi connectivity index (χ0v) is 18.8. The van der Waals surface area contributed by atoms with Gasteiger partial charge in [0.25, 0.3) is 5.56 Å². The summed E-state index contributed by atoms with van der Waals surface area (Å²) in [6, 6.07) is 19.0. The summed E-state index contributed by atoms with van der Waals surface area (Å²) >= 11 is 4.31. The highest BCUT2D eigenvalue weighted by molar-refractivity contribution is 9.10. The number of fused-ring (bicyclic) bond motifs is 1. The quantitative estimate of drug-likeness (QED) is 0.299. The summed E-state index contributed by atoms with van der Waals surface area (Å²) in [5.41, 5.74) is 2.16. The minimum atomic E-state index is -0.534. The summed E-state index contributed by atoms with van der Waals surface area (Å²) in [6.45, 7) is 1.96. The second kappa shape index (κ2) is 9.03. The van der Waals surface area contributed by atoms with Gasteiger partial charge in [0.2, 0.25) is 5.91 Å². The van der Waals surface area contributed by atoms with Crippen molar-refractivity contribution < 1.29 is 9.18 Å². The molecule has 0 spiro atoms. The van der Waals surface area contributed by atoms with Crippen LogP contribution in [0, 0.1) is 12.7 Å². The molecule has 1 heterocycles. The van der Waals surface area contributed by atoms with Crippen LogP contribution in [0.5, 0.6) is 0 Å². The van der Waals surface area contributed by atoms with Crippen molar-refractivity contribution in [2.24, 2.45) is 0 Å². The lowest BCUT2D eigenvalue weighted by molar-refractivity contribution is -0.113. The molecule has 0 saturated heterocycles. The molecule has 0 saturated carbocycles. The molecule has 31 heavy (non-hydrogen) atoms. The normalized spacial score (nSPS) is 10.9. The van der Waals surface area contributed by atoms with Crippen LogP contribution in [0.25, 0.3) is 16.6 Å². The second-order valence-electron chi connectivity index (χ2n) is 6.85. The number of hydrogen-bond donors (Lipinski definition) is 1. The first-order valence-corrected chi connectivity index (χ1v) is 11.2. The van der Waals surface area contributed by atoms with E-state index in [0.29, 0.717) is 26.2 Å². The molecular formula is C23H17BrFN3O2S. The van der Waals surface area contributed by atoms with Crippen LogP contribution in [0.3, 0.4) is 0 Å². The van der Waals surface area contributed by atoms with Crippen molar-refractivity contribution in [2.75, 3.05) is 11.1 Å². The Hall–Kier alpha value is -2.97. The second-order valence-corrected chi connectivity index (χ2v) is 8.71. The third-order valence-electron chi connectivity index (χ3n) is 4.57.